The number of ether oxygens (including phenoxy) is 1. The Morgan fingerprint density at radius 1 is 1.41 bits per heavy atom. The van der Waals surface area contributed by atoms with Gasteiger partial charge in [0.1, 0.15) is 0 Å². The third-order valence-corrected chi connectivity index (χ3v) is 3.10. The van der Waals surface area contributed by atoms with E-state index >= 15 is 0 Å². The highest BCUT2D eigenvalue weighted by atomic mass is 16.5. The molecule has 2 N–H and O–H groups in total. The van der Waals surface area contributed by atoms with E-state index < -0.39 is 0 Å². The van der Waals surface area contributed by atoms with E-state index in [4.69, 9.17) is 4.74 Å². The zero-order valence-electron chi connectivity index (χ0n) is 10.2. The topological polar surface area (TPSA) is 50.4 Å². The third-order valence-electron chi connectivity index (χ3n) is 3.10. The minimum atomic E-state index is -0.274. The summed E-state index contributed by atoms with van der Waals surface area (Å²) in [4.78, 5) is 11.5. The average Bonchev–Trinajstić information content (AvgIpc) is 2.39. The number of nitrogens with one attached hydrogen (secondary N) is 2. The van der Waals surface area contributed by atoms with Crippen molar-refractivity contribution in [2.45, 2.75) is 13.0 Å². The van der Waals surface area contributed by atoms with Crippen molar-refractivity contribution >= 4 is 5.97 Å². The lowest BCUT2D eigenvalue weighted by Crippen LogP contribution is -2.42. The van der Waals surface area contributed by atoms with Gasteiger partial charge in [-0.2, -0.15) is 0 Å². The molecule has 92 valence electrons. The average molecular weight is 234 g/mol. The zero-order valence-corrected chi connectivity index (χ0v) is 10.2. The fourth-order valence-corrected chi connectivity index (χ4v) is 2.13. The summed E-state index contributed by atoms with van der Waals surface area (Å²) < 4.78 is 4.74. The maximum atomic E-state index is 11.5. The van der Waals surface area contributed by atoms with Crippen LogP contribution in [-0.2, 0) is 4.74 Å². The summed E-state index contributed by atoms with van der Waals surface area (Å²) in [6.45, 7) is 4.85. The standard InChI is InChI=1S/C13H18N2O2/c1-9-7-10(12-8-14-5-6-15-12)3-4-11(9)13(16)17-2/h3-4,7,12,14-15H,5-6,8H2,1-2H3. The van der Waals surface area contributed by atoms with Crippen LogP contribution in [0.5, 0.6) is 0 Å². The van der Waals surface area contributed by atoms with Crippen molar-refractivity contribution in [1.29, 1.82) is 0 Å². The van der Waals surface area contributed by atoms with Gasteiger partial charge in [0.2, 0.25) is 0 Å². The summed E-state index contributed by atoms with van der Waals surface area (Å²) in [6.07, 6.45) is 0. The predicted octanol–water partition coefficient (Wildman–Crippen LogP) is 1.02. The van der Waals surface area contributed by atoms with Crippen molar-refractivity contribution < 1.29 is 9.53 Å². The second kappa shape index (κ2) is 5.29. The Balaban J connectivity index is 2.20. The molecule has 0 aliphatic carbocycles. The lowest BCUT2D eigenvalue weighted by Gasteiger charge is -2.25. The van der Waals surface area contributed by atoms with Gasteiger partial charge in [0.25, 0.3) is 0 Å². The number of aryl methyl sites for hydroxylation is 1. The molecule has 4 heteroatoms. The Hall–Kier alpha value is -1.39. The molecule has 1 aliphatic rings. The summed E-state index contributed by atoms with van der Waals surface area (Å²) in [7, 11) is 1.41. The molecular formula is C13H18N2O2. The monoisotopic (exact) mass is 234 g/mol. The lowest BCUT2D eigenvalue weighted by molar-refractivity contribution is 0.0600. The van der Waals surface area contributed by atoms with Crippen LogP contribution in [0.4, 0.5) is 0 Å². The molecule has 1 fully saturated rings. The molecule has 0 amide bonds. The fraction of sp³-hybridized carbons (Fsp3) is 0.462. The smallest absolute Gasteiger partial charge is 0.338 e. The molecule has 0 radical (unpaired) electrons. The molecule has 2 rings (SSSR count). The number of carbonyl (C=O) groups excluding carboxylic acids is 1. The maximum Gasteiger partial charge on any atom is 0.338 e. The van der Waals surface area contributed by atoms with Gasteiger partial charge in [-0.25, -0.2) is 4.79 Å². The summed E-state index contributed by atoms with van der Waals surface area (Å²) in [6, 6.07) is 6.21. The maximum absolute atomic E-state index is 11.5. The van der Waals surface area contributed by atoms with E-state index in [2.05, 4.69) is 16.7 Å². The Morgan fingerprint density at radius 3 is 2.82 bits per heavy atom. The second-order valence-electron chi connectivity index (χ2n) is 4.28. The number of esters is 1. The van der Waals surface area contributed by atoms with Crippen molar-refractivity contribution in [3.8, 4) is 0 Å². The molecule has 1 atom stereocenters. The van der Waals surface area contributed by atoms with Gasteiger partial charge in [-0.15, -0.1) is 0 Å². The Labute approximate surface area is 101 Å². The van der Waals surface area contributed by atoms with Crippen LogP contribution in [0.25, 0.3) is 0 Å². The molecular weight excluding hydrogens is 216 g/mol. The van der Waals surface area contributed by atoms with E-state index in [1.165, 1.54) is 12.7 Å². The predicted molar refractivity (Wildman–Crippen MR) is 66.1 cm³/mol. The molecule has 1 heterocycles. The fourth-order valence-electron chi connectivity index (χ4n) is 2.13. The van der Waals surface area contributed by atoms with Gasteiger partial charge in [0.15, 0.2) is 0 Å². The van der Waals surface area contributed by atoms with E-state index in [-0.39, 0.29) is 5.97 Å². The summed E-state index contributed by atoms with van der Waals surface area (Å²) in [5.74, 6) is -0.274. The van der Waals surface area contributed by atoms with Crippen molar-refractivity contribution in [2.75, 3.05) is 26.7 Å². The van der Waals surface area contributed by atoms with E-state index in [0.29, 0.717) is 11.6 Å². The van der Waals surface area contributed by atoms with E-state index in [0.717, 1.165) is 25.2 Å². The molecule has 1 aromatic rings. The minimum Gasteiger partial charge on any atom is -0.465 e. The van der Waals surface area contributed by atoms with Crippen molar-refractivity contribution in [1.82, 2.24) is 10.6 Å². The molecule has 17 heavy (non-hydrogen) atoms. The van der Waals surface area contributed by atoms with Crippen LogP contribution in [0, 0.1) is 6.92 Å². The van der Waals surface area contributed by atoms with Crippen molar-refractivity contribution in [3.05, 3.63) is 34.9 Å². The van der Waals surface area contributed by atoms with Crippen LogP contribution in [0.2, 0.25) is 0 Å². The quantitative estimate of drug-likeness (QED) is 0.750. The first-order chi connectivity index (χ1) is 8.22. The van der Waals surface area contributed by atoms with Crippen molar-refractivity contribution in [3.63, 3.8) is 0 Å². The Bertz CT molecular complexity index is 412. The number of carbonyl (C=O) groups is 1. The van der Waals surface area contributed by atoms with Crippen LogP contribution >= 0.6 is 0 Å². The first-order valence-corrected chi connectivity index (χ1v) is 5.85. The number of methoxy groups -OCH3 is 1. The summed E-state index contributed by atoms with van der Waals surface area (Å²) in [5.41, 5.74) is 2.81. The van der Waals surface area contributed by atoms with E-state index in [1.54, 1.807) is 0 Å². The molecule has 0 bridgehead atoms. The largest absolute Gasteiger partial charge is 0.465 e. The first kappa shape index (κ1) is 12.1. The van der Waals surface area contributed by atoms with Crippen LogP contribution in [0.1, 0.15) is 27.5 Å². The first-order valence-electron chi connectivity index (χ1n) is 5.85. The number of hydrogen-bond donors (Lipinski definition) is 2. The van der Waals surface area contributed by atoms with Gasteiger partial charge in [-0.3, -0.25) is 0 Å². The van der Waals surface area contributed by atoms with Crippen LogP contribution < -0.4 is 10.6 Å². The molecule has 1 aromatic carbocycles. The van der Waals surface area contributed by atoms with Gasteiger partial charge in [-0.1, -0.05) is 12.1 Å². The highest BCUT2D eigenvalue weighted by molar-refractivity contribution is 5.91. The van der Waals surface area contributed by atoms with Crippen LogP contribution in [0.15, 0.2) is 18.2 Å². The number of rotatable bonds is 2. The molecule has 1 saturated heterocycles. The number of hydrogen-bond acceptors (Lipinski definition) is 4. The highest BCUT2D eigenvalue weighted by Gasteiger charge is 2.16. The molecule has 4 nitrogen and oxygen atoms in total. The minimum absolute atomic E-state index is 0.274. The van der Waals surface area contributed by atoms with Gasteiger partial charge in [-0.05, 0) is 24.1 Å². The molecule has 0 spiro atoms. The number of benzene rings is 1. The Morgan fingerprint density at radius 2 is 2.24 bits per heavy atom. The Kier molecular flexibility index (Phi) is 3.76. The normalized spacial score (nSPS) is 20.0. The molecule has 1 unspecified atom stereocenters. The van der Waals surface area contributed by atoms with Crippen molar-refractivity contribution in [2.24, 2.45) is 0 Å². The summed E-state index contributed by atoms with van der Waals surface area (Å²) in [5, 5.41) is 6.79. The molecule has 0 aromatic heterocycles. The lowest BCUT2D eigenvalue weighted by atomic mass is 9.99. The van der Waals surface area contributed by atoms with Gasteiger partial charge < -0.3 is 15.4 Å². The van der Waals surface area contributed by atoms with Gasteiger partial charge in [0, 0.05) is 25.7 Å². The van der Waals surface area contributed by atoms with Gasteiger partial charge >= 0.3 is 5.97 Å². The third kappa shape index (κ3) is 2.65. The second-order valence-corrected chi connectivity index (χ2v) is 4.28. The SMILES string of the molecule is COC(=O)c1ccc(C2CNCCN2)cc1C. The van der Waals surface area contributed by atoms with Gasteiger partial charge in [0.05, 0.1) is 12.7 Å². The molecule has 0 saturated carbocycles. The van der Waals surface area contributed by atoms with Crippen LogP contribution in [-0.4, -0.2) is 32.7 Å². The number of piperazine rings is 1. The van der Waals surface area contributed by atoms with E-state index in [1.807, 2.05) is 19.1 Å². The zero-order chi connectivity index (χ0) is 12.3. The highest BCUT2D eigenvalue weighted by Crippen LogP contribution is 2.18. The van der Waals surface area contributed by atoms with Crippen LogP contribution in [0.3, 0.4) is 0 Å². The summed E-state index contributed by atoms with van der Waals surface area (Å²) >= 11 is 0. The molecule has 1 aliphatic heterocycles. The van der Waals surface area contributed by atoms with E-state index in [9.17, 15) is 4.79 Å².